The number of carbonyl (C=O) groups is 2. The highest BCUT2D eigenvalue weighted by atomic mass is 35.5. The second-order valence-electron chi connectivity index (χ2n) is 10.1. The van der Waals surface area contributed by atoms with E-state index < -0.39 is 17.6 Å². The number of likely N-dealkylation sites (tertiary alicyclic amines) is 1. The first-order valence-electron chi connectivity index (χ1n) is 11.8. The minimum atomic E-state index is -0.913. The molecule has 3 rings (SSSR count). The van der Waals surface area contributed by atoms with Gasteiger partial charge in [-0.25, -0.2) is 4.79 Å². The summed E-state index contributed by atoms with van der Waals surface area (Å²) >= 11 is 6.38. The Morgan fingerprint density at radius 3 is 2.56 bits per heavy atom. The first kappa shape index (κ1) is 27.0. The number of hydrogen-bond donors (Lipinski definition) is 2. The summed E-state index contributed by atoms with van der Waals surface area (Å²) in [5.41, 5.74) is 2.77. The second kappa shape index (κ2) is 10.6. The van der Waals surface area contributed by atoms with Crippen molar-refractivity contribution in [3.63, 3.8) is 0 Å². The highest BCUT2D eigenvalue weighted by Gasteiger charge is 2.36. The number of nitrogens with zero attached hydrogens (tertiary/aromatic N) is 3. The van der Waals surface area contributed by atoms with E-state index in [0.717, 1.165) is 16.7 Å². The average Bonchev–Trinajstić information content (AvgIpc) is 2.80. The Hall–Kier alpha value is -3.57. The van der Waals surface area contributed by atoms with Crippen LogP contribution in [-0.4, -0.2) is 39.2 Å². The van der Waals surface area contributed by atoms with Crippen molar-refractivity contribution in [3.8, 4) is 6.07 Å². The van der Waals surface area contributed by atoms with Gasteiger partial charge in [0.15, 0.2) is 0 Å². The zero-order chi connectivity index (χ0) is 26.8. The topological polar surface area (TPSA) is 115 Å². The minimum Gasteiger partial charge on any atom is -0.465 e. The smallest absolute Gasteiger partial charge is 0.407 e. The van der Waals surface area contributed by atoms with Crippen LogP contribution in [0, 0.1) is 23.7 Å². The van der Waals surface area contributed by atoms with Crippen LogP contribution in [0.15, 0.2) is 34.6 Å². The van der Waals surface area contributed by atoms with Crippen LogP contribution in [0.3, 0.4) is 0 Å². The molecule has 190 valence electrons. The summed E-state index contributed by atoms with van der Waals surface area (Å²) in [5.74, 6) is -0.515. The zero-order valence-electron chi connectivity index (χ0n) is 21.2. The van der Waals surface area contributed by atoms with E-state index in [1.807, 2.05) is 45.9 Å². The molecule has 1 aliphatic heterocycles. The van der Waals surface area contributed by atoms with Crippen LogP contribution in [0.5, 0.6) is 0 Å². The molecule has 0 saturated carbocycles. The number of pyridine rings is 1. The molecule has 0 bridgehead atoms. The molecule has 0 spiro atoms. The maximum absolute atomic E-state index is 13.0. The number of nitriles is 1. The molecule has 1 fully saturated rings. The monoisotopic (exact) mass is 510 g/mol. The van der Waals surface area contributed by atoms with E-state index in [2.05, 4.69) is 5.32 Å². The predicted molar refractivity (Wildman–Crippen MR) is 140 cm³/mol. The van der Waals surface area contributed by atoms with Crippen molar-refractivity contribution in [3.05, 3.63) is 67.6 Å². The van der Waals surface area contributed by atoms with Gasteiger partial charge in [-0.15, -0.1) is 0 Å². The molecular formula is C27H31ClN4O4. The lowest BCUT2D eigenvalue weighted by Crippen LogP contribution is -2.50. The number of halogens is 1. The van der Waals surface area contributed by atoms with E-state index in [1.165, 1.54) is 21.6 Å². The highest BCUT2D eigenvalue weighted by molar-refractivity contribution is 6.31. The molecular weight excluding hydrogens is 480 g/mol. The van der Waals surface area contributed by atoms with Gasteiger partial charge in [0.2, 0.25) is 0 Å². The molecule has 1 aliphatic rings. The number of carboxylic acid groups (broad SMARTS) is 1. The molecule has 36 heavy (non-hydrogen) atoms. The predicted octanol–water partition coefficient (Wildman–Crippen LogP) is 5.53. The Kier molecular flexibility index (Phi) is 7.95. The van der Waals surface area contributed by atoms with Crippen LogP contribution < -0.4 is 10.9 Å². The lowest BCUT2D eigenvalue weighted by Gasteiger charge is -2.42. The van der Waals surface area contributed by atoms with Crippen LogP contribution in [0.25, 0.3) is 6.08 Å². The summed E-state index contributed by atoms with van der Waals surface area (Å²) in [7, 11) is 0. The molecule has 0 radical (unpaired) electrons. The number of carbonyl (C=O) groups excluding carboxylic acids is 1. The molecule has 1 unspecified atom stereocenters. The van der Waals surface area contributed by atoms with Gasteiger partial charge >= 0.3 is 6.09 Å². The molecule has 8 nitrogen and oxygen atoms in total. The molecule has 2 heterocycles. The molecule has 0 aliphatic carbocycles. The standard InChI is InChI=1S/C27H31ClN4O4/c1-6-31-21(15-29)12-19(13-24(31)33)25(34)30-22-14-20(28)11-18(16(22)2)9-17-7-8-32(26(35)36)23(10-17)27(3,4)5/h9,11-14,23H,6-8,10H2,1-5H3,(H,30,34)(H,35,36). The van der Waals surface area contributed by atoms with Crippen molar-refractivity contribution >= 4 is 35.4 Å². The van der Waals surface area contributed by atoms with Crippen LogP contribution in [-0.2, 0) is 6.54 Å². The second-order valence-corrected chi connectivity index (χ2v) is 10.5. The van der Waals surface area contributed by atoms with Crippen LogP contribution in [0.2, 0.25) is 5.02 Å². The van der Waals surface area contributed by atoms with E-state index in [-0.39, 0.29) is 22.7 Å². The third-order valence-corrected chi connectivity index (χ3v) is 6.81. The Balaban J connectivity index is 1.92. The number of hydrogen-bond acceptors (Lipinski definition) is 4. The van der Waals surface area contributed by atoms with Crippen molar-refractivity contribution in [1.82, 2.24) is 9.47 Å². The number of piperidine rings is 1. The van der Waals surface area contributed by atoms with Gasteiger partial charge < -0.3 is 19.9 Å². The van der Waals surface area contributed by atoms with Crippen LogP contribution in [0.4, 0.5) is 10.5 Å². The lowest BCUT2D eigenvalue weighted by molar-refractivity contribution is 0.0724. The fourth-order valence-corrected chi connectivity index (χ4v) is 4.78. The van der Waals surface area contributed by atoms with Crippen LogP contribution in [0.1, 0.15) is 67.7 Å². The van der Waals surface area contributed by atoms with E-state index in [0.29, 0.717) is 36.6 Å². The Bertz CT molecular complexity index is 1330. The molecule has 1 aromatic carbocycles. The fraction of sp³-hybridized carbons (Fsp3) is 0.407. The van der Waals surface area contributed by atoms with E-state index in [1.54, 1.807) is 13.0 Å². The number of anilines is 1. The first-order chi connectivity index (χ1) is 16.8. The molecule has 2 N–H and O–H groups in total. The number of nitrogens with one attached hydrogen (secondary N) is 1. The number of aromatic nitrogens is 1. The van der Waals surface area contributed by atoms with E-state index in [4.69, 9.17) is 11.6 Å². The van der Waals surface area contributed by atoms with Gasteiger partial charge in [-0.05, 0) is 61.4 Å². The minimum absolute atomic E-state index is 0.0922. The Morgan fingerprint density at radius 1 is 1.28 bits per heavy atom. The normalized spacial score (nSPS) is 17.1. The van der Waals surface area contributed by atoms with Gasteiger partial charge in [-0.3, -0.25) is 9.59 Å². The maximum Gasteiger partial charge on any atom is 0.407 e. The van der Waals surface area contributed by atoms with Crippen molar-refractivity contribution in [2.45, 2.75) is 60.0 Å². The molecule has 9 heteroatoms. The van der Waals surface area contributed by atoms with E-state index >= 15 is 0 Å². The number of rotatable bonds is 4. The van der Waals surface area contributed by atoms with Crippen molar-refractivity contribution < 1.29 is 14.7 Å². The first-order valence-corrected chi connectivity index (χ1v) is 12.2. The van der Waals surface area contributed by atoms with Gasteiger partial charge in [0.25, 0.3) is 11.5 Å². The van der Waals surface area contributed by atoms with Gasteiger partial charge in [-0.2, -0.15) is 5.26 Å². The maximum atomic E-state index is 13.0. The van der Waals surface area contributed by atoms with Crippen molar-refractivity contribution in [2.24, 2.45) is 5.41 Å². The highest BCUT2D eigenvalue weighted by Crippen LogP contribution is 2.36. The lowest BCUT2D eigenvalue weighted by atomic mass is 9.79. The molecule has 2 amide bonds. The average molecular weight is 511 g/mol. The van der Waals surface area contributed by atoms with Gasteiger partial charge in [0, 0.05) is 41.5 Å². The summed E-state index contributed by atoms with van der Waals surface area (Å²) < 4.78 is 1.30. The summed E-state index contributed by atoms with van der Waals surface area (Å²) in [5, 5.41) is 22.2. The van der Waals surface area contributed by atoms with Gasteiger partial charge in [0.05, 0.1) is 0 Å². The van der Waals surface area contributed by atoms with Crippen molar-refractivity contribution in [1.29, 1.82) is 5.26 Å². The zero-order valence-corrected chi connectivity index (χ0v) is 21.9. The van der Waals surface area contributed by atoms with Gasteiger partial charge in [-0.1, -0.05) is 44.0 Å². The third kappa shape index (κ3) is 5.80. The molecule has 2 aromatic rings. The van der Waals surface area contributed by atoms with Gasteiger partial charge in [0.1, 0.15) is 11.8 Å². The number of amides is 2. The quantitative estimate of drug-likeness (QED) is 0.561. The summed E-state index contributed by atoms with van der Waals surface area (Å²) in [6.45, 7) is 10.5. The SMILES string of the molecule is CCn1c(C#N)cc(C(=O)Nc2cc(Cl)cc(C=C3CCN(C(=O)O)C(C(C)(C)C)C3)c2C)cc1=O. The fourth-order valence-electron chi connectivity index (χ4n) is 4.55. The summed E-state index contributed by atoms with van der Waals surface area (Å²) in [6, 6.07) is 7.86. The van der Waals surface area contributed by atoms with E-state index in [9.17, 15) is 24.8 Å². The number of benzene rings is 1. The molecule has 1 aromatic heterocycles. The molecule has 1 saturated heterocycles. The summed E-state index contributed by atoms with van der Waals surface area (Å²) in [6.07, 6.45) is 2.32. The Morgan fingerprint density at radius 2 is 1.97 bits per heavy atom. The van der Waals surface area contributed by atoms with Crippen LogP contribution >= 0.6 is 11.6 Å². The molecule has 1 atom stereocenters. The Labute approximate surface area is 215 Å². The largest absolute Gasteiger partial charge is 0.465 e. The van der Waals surface area contributed by atoms with Crippen molar-refractivity contribution in [2.75, 3.05) is 11.9 Å². The summed E-state index contributed by atoms with van der Waals surface area (Å²) in [4.78, 5) is 38.5. The third-order valence-electron chi connectivity index (χ3n) is 6.59.